The number of nitrogens with zero attached hydrogens (tertiary/aromatic N) is 4. The summed E-state index contributed by atoms with van der Waals surface area (Å²) in [6, 6.07) is 0. The molecule has 2 aromatic heterocycles. The molecule has 0 unspecified atom stereocenters. The minimum atomic E-state index is -2.35. The average Bonchev–Trinajstić information content (AvgIpc) is 3.05. The molecule has 6 nitrogen and oxygen atoms in total. The third-order valence-electron chi connectivity index (χ3n) is 6.60. The molecule has 4 aromatic carbocycles. The van der Waals surface area contributed by atoms with Crippen LogP contribution in [-0.4, -0.2) is 33.0 Å². The zero-order chi connectivity index (χ0) is 33.5. The number of aromatic nitrogens is 4. The Bertz CT molecular complexity index is 2170. The molecule has 0 aliphatic carbocycles. The van der Waals surface area contributed by atoms with Crippen molar-refractivity contribution in [1.29, 1.82) is 0 Å². The first-order valence-corrected chi connectivity index (χ1v) is 12.1. The third kappa shape index (κ3) is 4.25. The van der Waals surface area contributed by atoms with Crippen LogP contribution in [0.4, 0.5) is 72.8 Å². The molecule has 0 radical (unpaired) electrons. The summed E-state index contributed by atoms with van der Waals surface area (Å²) in [5.74, 6) is -29.6. The maximum Gasteiger partial charge on any atom is 0.199 e. The Labute approximate surface area is 242 Å². The summed E-state index contributed by atoms with van der Waals surface area (Å²) in [4.78, 5) is 12.7. The monoisotopic (exact) mass is 668 g/mol. The van der Waals surface area contributed by atoms with E-state index in [-0.39, 0.29) is 0 Å². The molecule has 0 aliphatic heterocycles. The number of anilines is 2. The lowest BCUT2D eigenvalue weighted by atomic mass is 10.2. The lowest BCUT2D eigenvalue weighted by Gasteiger charge is -2.15. The van der Waals surface area contributed by atoms with E-state index in [0.717, 1.165) is 0 Å². The highest BCUT2D eigenvalue weighted by Gasteiger charge is 2.30. The van der Waals surface area contributed by atoms with Crippen molar-refractivity contribution in [2.45, 2.75) is 0 Å². The summed E-state index contributed by atoms with van der Waals surface area (Å²) in [5.41, 5.74) is -13.5. The lowest BCUT2D eigenvalue weighted by Crippen LogP contribution is -2.18. The second-order valence-electron chi connectivity index (χ2n) is 9.24. The van der Waals surface area contributed by atoms with E-state index in [2.05, 4.69) is 19.9 Å². The van der Waals surface area contributed by atoms with Gasteiger partial charge in [0.1, 0.15) is 55.5 Å². The number of hydrogen-bond acceptors (Lipinski definition) is 6. The van der Waals surface area contributed by atoms with Crippen molar-refractivity contribution < 1.29 is 61.5 Å². The van der Waals surface area contributed by atoms with E-state index in [0.29, 0.717) is 0 Å². The zero-order valence-corrected chi connectivity index (χ0v) is 21.5. The van der Waals surface area contributed by atoms with Crippen molar-refractivity contribution in [3.8, 4) is 0 Å². The van der Waals surface area contributed by atoms with Crippen molar-refractivity contribution in [1.82, 2.24) is 19.9 Å². The summed E-state index contributed by atoms with van der Waals surface area (Å²) in [6.45, 7) is -1.57. The second-order valence-corrected chi connectivity index (χ2v) is 9.24. The van der Waals surface area contributed by atoms with Crippen LogP contribution in [0.3, 0.4) is 0 Å². The van der Waals surface area contributed by atoms with E-state index in [4.69, 9.17) is 0 Å². The van der Waals surface area contributed by atoms with Gasteiger partial charge in [0.25, 0.3) is 0 Å². The smallest absolute Gasteiger partial charge is 0.199 e. The molecule has 46 heavy (non-hydrogen) atoms. The molecule has 20 heteroatoms. The molecular weight excluding hydrogens is 662 g/mol. The minimum Gasteiger partial charge on any atom is -0.378 e. The van der Waals surface area contributed by atoms with Crippen LogP contribution < -0.4 is 10.6 Å². The van der Waals surface area contributed by atoms with Gasteiger partial charge in [-0.15, -0.1) is 0 Å². The Morgan fingerprint density at radius 3 is 0.696 bits per heavy atom. The Hall–Kier alpha value is -5.30. The van der Waals surface area contributed by atoms with Gasteiger partial charge in [0, 0.05) is 13.1 Å². The number of benzene rings is 4. The molecular formula is C26H6F14N6. The van der Waals surface area contributed by atoms with E-state index in [1.807, 2.05) is 10.6 Å². The maximum absolute atomic E-state index is 15.1. The lowest BCUT2D eigenvalue weighted by molar-refractivity contribution is 0.416. The van der Waals surface area contributed by atoms with Gasteiger partial charge in [-0.05, 0) is 0 Å². The van der Waals surface area contributed by atoms with Crippen LogP contribution in [0.15, 0.2) is 0 Å². The predicted molar refractivity (Wildman–Crippen MR) is 130 cm³/mol. The summed E-state index contributed by atoms with van der Waals surface area (Å²) in [5, 5.41) is 3.92. The van der Waals surface area contributed by atoms with Crippen LogP contribution in [-0.2, 0) is 0 Å². The minimum absolute atomic E-state index is 0.783. The normalized spacial score (nSPS) is 11.9. The molecule has 0 saturated heterocycles. The van der Waals surface area contributed by atoms with E-state index >= 15 is 8.78 Å². The standard InChI is InChI=1S/C26H6F14N6/c27-3-5(29)9(33)21-19(7(3)31)43-23-13(37)11(35)17(15(39)25(23)45-21)41-1-2-42-18-12(36)14(38)24-26(16(18)40)46-22-10(34)6(30)4(28)8(32)20(22)44-24/h41-42H,1-2H2. The summed E-state index contributed by atoms with van der Waals surface area (Å²) in [6.07, 6.45) is 0. The van der Waals surface area contributed by atoms with Crippen LogP contribution in [0.1, 0.15) is 0 Å². The molecule has 0 spiro atoms. The van der Waals surface area contributed by atoms with E-state index in [1.165, 1.54) is 0 Å². The van der Waals surface area contributed by atoms with Crippen molar-refractivity contribution >= 4 is 55.5 Å². The van der Waals surface area contributed by atoms with Crippen molar-refractivity contribution in [3.05, 3.63) is 81.4 Å². The third-order valence-corrected chi connectivity index (χ3v) is 6.60. The highest BCUT2D eigenvalue weighted by Crippen LogP contribution is 2.35. The predicted octanol–water partition coefficient (Wildman–Crippen LogP) is 7.35. The largest absolute Gasteiger partial charge is 0.378 e. The highest BCUT2D eigenvalue weighted by atomic mass is 19.2. The Morgan fingerprint density at radius 2 is 0.457 bits per heavy atom. The van der Waals surface area contributed by atoms with Gasteiger partial charge in [0.15, 0.2) is 81.4 Å². The summed E-state index contributed by atoms with van der Waals surface area (Å²) in [7, 11) is 0. The Morgan fingerprint density at radius 1 is 0.261 bits per heavy atom. The fraction of sp³-hybridized carbons (Fsp3) is 0.0769. The maximum atomic E-state index is 15.1. The van der Waals surface area contributed by atoms with Crippen LogP contribution in [0.5, 0.6) is 0 Å². The number of halogens is 14. The first-order chi connectivity index (χ1) is 21.7. The van der Waals surface area contributed by atoms with Crippen LogP contribution >= 0.6 is 0 Å². The Balaban J connectivity index is 1.34. The molecule has 6 aromatic rings. The van der Waals surface area contributed by atoms with Gasteiger partial charge in [-0.25, -0.2) is 81.4 Å². The quantitative estimate of drug-likeness (QED) is 0.0659. The number of rotatable bonds is 5. The van der Waals surface area contributed by atoms with Gasteiger partial charge >= 0.3 is 0 Å². The molecule has 2 N–H and O–H groups in total. The molecule has 0 saturated carbocycles. The number of hydrogen-bond donors (Lipinski definition) is 2. The first kappa shape index (κ1) is 30.7. The van der Waals surface area contributed by atoms with E-state index < -0.39 is 150 Å². The molecule has 0 amide bonds. The van der Waals surface area contributed by atoms with Gasteiger partial charge in [-0.1, -0.05) is 0 Å². The summed E-state index contributed by atoms with van der Waals surface area (Å²) >= 11 is 0. The SMILES string of the molecule is Fc1c(F)c(F)c2nc3c(F)c(NCCNc4c(F)c(F)c5nc6c(F)c(F)c(F)c(F)c6nc5c4F)c(F)c(F)c3nc2c1F. The van der Waals surface area contributed by atoms with Crippen molar-refractivity contribution in [2.75, 3.05) is 23.7 Å². The molecule has 0 bridgehead atoms. The van der Waals surface area contributed by atoms with Gasteiger partial charge in [0.2, 0.25) is 0 Å². The molecule has 0 fully saturated rings. The van der Waals surface area contributed by atoms with Gasteiger partial charge in [-0.3, -0.25) is 0 Å². The summed E-state index contributed by atoms with van der Waals surface area (Å²) < 4.78 is 200. The van der Waals surface area contributed by atoms with Crippen LogP contribution in [0.2, 0.25) is 0 Å². The topological polar surface area (TPSA) is 75.6 Å². The average molecular weight is 668 g/mol. The van der Waals surface area contributed by atoms with Gasteiger partial charge in [-0.2, -0.15) is 0 Å². The second kappa shape index (κ2) is 10.7. The van der Waals surface area contributed by atoms with Crippen LogP contribution in [0, 0.1) is 81.4 Å². The molecule has 0 atom stereocenters. The number of nitrogens with one attached hydrogen (secondary N) is 2. The molecule has 0 aliphatic rings. The first-order valence-electron chi connectivity index (χ1n) is 12.1. The molecule has 238 valence electrons. The highest BCUT2D eigenvalue weighted by molar-refractivity contribution is 5.91. The Kier molecular flexibility index (Phi) is 7.11. The van der Waals surface area contributed by atoms with Crippen LogP contribution in [0.25, 0.3) is 44.1 Å². The molecule has 2 heterocycles. The van der Waals surface area contributed by atoms with Crippen molar-refractivity contribution in [2.24, 2.45) is 0 Å². The van der Waals surface area contributed by atoms with E-state index in [9.17, 15) is 52.7 Å². The van der Waals surface area contributed by atoms with Gasteiger partial charge < -0.3 is 10.6 Å². The van der Waals surface area contributed by atoms with Gasteiger partial charge in [0.05, 0.1) is 0 Å². The molecule has 6 rings (SSSR count). The fourth-order valence-corrected chi connectivity index (χ4v) is 4.44. The zero-order valence-electron chi connectivity index (χ0n) is 21.5. The fourth-order valence-electron chi connectivity index (χ4n) is 4.44. The van der Waals surface area contributed by atoms with Crippen molar-refractivity contribution in [3.63, 3.8) is 0 Å². The van der Waals surface area contributed by atoms with E-state index in [1.54, 1.807) is 0 Å². The number of fused-ring (bicyclic) bond motifs is 4.